The molecule has 1 aliphatic rings. The largest absolute Gasteiger partial charge is 0.494 e. The number of nitrogens with zero attached hydrogens (tertiary/aromatic N) is 5. The third-order valence-electron chi connectivity index (χ3n) is 5.46. The van der Waals surface area contributed by atoms with Crippen LogP contribution < -0.4 is 10.1 Å². The number of imidazole rings is 1. The summed E-state index contributed by atoms with van der Waals surface area (Å²) in [5, 5.41) is 10.4. The predicted molar refractivity (Wildman–Crippen MR) is 116 cm³/mol. The van der Waals surface area contributed by atoms with Crippen LogP contribution in [0.5, 0.6) is 5.75 Å². The van der Waals surface area contributed by atoms with E-state index in [1.54, 1.807) is 18.1 Å². The zero-order valence-electron chi connectivity index (χ0n) is 17.3. The van der Waals surface area contributed by atoms with Gasteiger partial charge in [-0.3, -0.25) is 14.9 Å². The zero-order chi connectivity index (χ0) is 21.8. The lowest BCUT2D eigenvalue weighted by Crippen LogP contribution is -2.34. The second-order valence-electron chi connectivity index (χ2n) is 7.36. The molecule has 0 aliphatic carbocycles. The normalized spacial score (nSPS) is 16.5. The van der Waals surface area contributed by atoms with Gasteiger partial charge in [-0.25, -0.2) is 4.98 Å². The van der Waals surface area contributed by atoms with Gasteiger partial charge < -0.3 is 14.2 Å². The number of benzene rings is 1. The molecule has 1 N–H and O–H groups in total. The Balaban J connectivity index is 1.79. The van der Waals surface area contributed by atoms with Crippen molar-refractivity contribution in [2.45, 2.75) is 25.3 Å². The van der Waals surface area contributed by atoms with Crippen molar-refractivity contribution in [2.24, 2.45) is 0 Å². The Hall–Kier alpha value is -3.75. The number of para-hydroxylation sites is 1. The highest BCUT2D eigenvalue weighted by Gasteiger charge is 2.27. The number of hydrogen-bond donors (Lipinski definition) is 1. The molecule has 1 aromatic carbocycles. The number of ether oxygens (including phenoxy) is 1. The fraction of sp³-hybridized carbons (Fsp3) is 0.318. The molecule has 0 saturated carbocycles. The first-order valence-electron chi connectivity index (χ1n) is 10.2. The number of carbonyl (C=O) groups is 2. The molecule has 0 spiro atoms. The Labute approximate surface area is 179 Å². The molecule has 0 radical (unpaired) electrons. The summed E-state index contributed by atoms with van der Waals surface area (Å²) in [6.45, 7) is 4.79. The van der Waals surface area contributed by atoms with Gasteiger partial charge in [0.05, 0.1) is 36.6 Å². The van der Waals surface area contributed by atoms with Gasteiger partial charge >= 0.3 is 0 Å². The maximum absolute atomic E-state index is 12.8. The van der Waals surface area contributed by atoms with Gasteiger partial charge in [-0.05, 0) is 43.5 Å². The van der Waals surface area contributed by atoms with Crippen molar-refractivity contribution >= 4 is 28.8 Å². The number of carbonyl (C=O) groups excluding carboxylic acids is 2. The predicted octanol–water partition coefficient (Wildman–Crippen LogP) is 2.83. The second kappa shape index (κ2) is 8.95. The minimum Gasteiger partial charge on any atom is -0.494 e. The molecule has 3 aromatic rings. The van der Waals surface area contributed by atoms with E-state index in [9.17, 15) is 9.59 Å². The summed E-state index contributed by atoms with van der Waals surface area (Å²) in [5.74, 6) is 0.621. The number of likely N-dealkylation sites (tertiary alicyclic amines) is 1. The van der Waals surface area contributed by atoms with E-state index in [-0.39, 0.29) is 17.9 Å². The molecule has 160 valence electrons. The molecule has 0 unspecified atom stereocenters. The van der Waals surface area contributed by atoms with Crippen molar-refractivity contribution in [1.82, 2.24) is 24.6 Å². The first-order chi connectivity index (χ1) is 15.1. The summed E-state index contributed by atoms with van der Waals surface area (Å²) in [6, 6.07) is 7.10. The Bertz CT molecular complexity index is 1110. The molecule has 1 atom stereocenters. The van der Waals surface area contributed by atoms with E-state index in [2.05, 4.69) is 27.1 Å². The molecule has 1 saturated heterocycles. The highest BCUT2D eigenvalue weighted by molar-refractivity contribution is 6.04. The van der Waals surface area contributed by atoms with Crippen LogP contribution >= 0.6 is 0 Å². The molecule has 1 fully saturated rings. The Morgan fingerprint density at radius 1 is 1.26 bits per heavy atom. The van der Waals surface area contributed by atoms with Crippen LogP contribution in [0.2, 0.25) is 0 Å². The SMILES string of the molecule is C=CC(=O)N1CCCC[C@@H](n2c(NC(=O)c3ccnnc3)nc3cccc(OC)c32)C1. The van der Waals surface area contributed by atoms with Gasteiger partial charge in [0, 0.05) is 13.1 Å². The third kappa shape index (κ3) is 4.11. The molecule has 31 heavy (non-hydrogen) atoms. The lowest BCUT2D eigenvalue weighted by Gasteiger charge is -2.26. The molecule has 1 aliphatic heterocycles. The third-order valence-corrected chi connectivity index (χ3v) is 5.46. The topological polar surface area (TPSA) is 102 Å². The molecule has 3 heterocycles. The van der Waals surface area contributed by atoms with Gasteiger partial charge in [0.25, 0.3) is 5.91 Å². The van der Waals surface area contributed by atoms with Gasteiger partial charge in [-0.15, -0.1) is 0 Å². The number of fused-ring (bicyclic) bond motifs is 1. The van der Waals surface area contributed by atoms with Crippen molar-refractivity contribution < 1.29 is 14.3 Å². The molecular formula is C22H24N6O3. The number of amides is 2. The minimum absolute atomic E-state index is 0.0847. The number of aromatic nitrogens is 4. The fourth-order valence-corrected chi connectivity index (χ4v) is 3.98. The van der Waals surface area contributed by atoms with E-state index in [1.807, 2.05) is 22.8 Å². The number of hydrogen-bond acceptors (Lipinski definition) is 6. The average Bonchev–Trinajstić information content (AvgIpc) is 3.00. The standard InChI is InChI=1S/C22H24N6O3/c1-3-19(29)27-12-5-4-7-16(14-27)28-20-17(8-6-9-18(20)31-2)25-22(28)26-21(30)15-10-11-23-24-13-15/h3,6,8-11,13,16H,1,4-5,7,12,14H2,2H3,(H,25,26,30)/t16-/m1/s1. The smallest absolute Gasteiger partial charge is 0.259 e. The molecule has 4 rings (SSSR count). The maximum Gasteiger partial charge on any atom is 0.259 e. The Kier molecular flexibility index (Phi) is 5.92. The van der Waals surface area contributed by atoms with Crippen LogP contribution in [0.15, 0.2) is 49.3 Å². The monoisotopic (exact) mass is 420 g/mol. The summed E-state index contributed by atoms with van der Waals surface area (Å²) in [4.78, 5) is 31.6. The zero-order valence-corrected chi connectivity index (χ0v) is 17.3. The van der Waals surface area contributed by atoms with Crippen molar-refractivity contribution in [3.63, 3.8) is 0 Å². The number of rotatable bonds is 5. The van der Waals surface area contributed by atoms with Crippen LogP contribution in [0.1, 0.15) is 35.7 Å². The lowest BCUT2D eigenvalue weighted by molar-refractivity contribution is -0.126. The molecular weight excluding hydrogens is 396 g/mol. The van der Waals surface area contributed by atoms with Gasteiger partial charge in [0.1, 0.15) is 11.3 Å². The first kappa shape index (κ1) is 20.5. The van der Waals surface area contributed by atoms with E-state index < -0.39 is 0 Å². The average molecular weight is 420 g/mol. The van der Waals surface area contributed by atoms with Crippen molar-refractivity contribution in [3.8, 4) is 5.75 Å². The maximum atomic E-state index is 12.8. The van der Waals surface area contributed by atoms with Gasteiger partial charge in [-0.1, -0.05) is 12.6 Å². The van der Waals surface area contributed by atoms with Crippen molar-refractivity contribution in [2.75, 3.05) is 25.5 Å². The Morgan fingerprint density at radius 2 is 2.13 bits per heavy atom. The van der Waals surface area contributed by atoms with Crippen molar-refractivity contribution in [3.05, 3.63) is 54.9 Å². The van der Waals surface area contributed by atoms with E-state index in [1.165, 1.54) is 18.5 Å². The molecule has 2 amide bonds. The quantitative estimate of drug-likeness (QED) is 0.637. The van der Waals surface area contributed by atoms with Crippen LogP contribution in [0, 0.1) is 0 Å². The van der Waals surface area contributed by atoms with Gasteiger partial charge in [-0.2, -0.15) is 10.2 Å². The highest BCUT2D eigenvalue weighted by Crippen LogP contribution is 2.35. The summed E-state index contributed by atoms with van der Waals surface area (Å²) >= 11 is 0. The van der Waals surface area contributed by atoms with E-state index in [4.69, 9.17) is 4.74 Å². The molecule has 9 heteroatoms. The van der Waals surface area contributed by atoms with E-state index in [0.717, 1.165) is 24.8 Å². The molecule has 9 nitrogen and oxygen atoms in total. The summed E-state index contributed by atoms with van der Waals surface area (Å²) in [5.41, 5.74) is 1.87. The number of nitrogens with one attached hydrogen (secondary N) is 1. The fourth-order valence-electron chi connectivity index (χ4n) is 3.98. The summed E-state index contributed by atoms with van der Waals surface area (Å²) in [7, 11) is 1.60. The van der Waals surface area contributed by atoms with Crippen LogP contribution in [-0.4, -0.2) is 56.7 Å². The van der Waals surface area contributed by atoms with Crippen LogP contribution in [-0.2, 0) is 4.79 Å². The molecule has 2 aromatic heterocycles. The van der Waals surface area contributed by atoms with E-state index in [0.29, 0.717) is 35.9 Å². The minimum atomic E-state index is -0.335. The number of methoxy groups -OCH3 is 1. The van der Waals surface area contributed by atoms with Gasteiger partial charge in [0.15, 0.2) is 0 Å². The highest BCUT2D eigenvalue weighted by atomic mass is 16.5. The van der Waals surface area contributed by atoms with Crippen molar-refractivity contribution in [1.29, 1.82) is 0 Å². The van der Waals surface area contributed by atoms with Crippen LogP contribution in [0.4, 0.5) is 5.95 Å². The van der Waals surface area contributed by atoms with E-state index >= 15 is 0 Å². The summed E-state index contributed by atoms with van der Waals surface area (Å²) < 4.78 is 7.58. The molecule has 0 bridgehead atoms. The Morgan fingerprint density at radius 3 is 2.87 bits per heavy atom. The number of anilines is 1. The lowest BCUT2D eigenvalue weighted by atomic mass is 10.1. The second-order valence-corrected chi connectivity index (χ2v) is 7.36. The first-order valence-corrected chi connectivity index (χ1v) is 10.2. The summed E-state index contributed by atoms with van der Waals surface area (Å²) in [6.07, 6.45) is 6.90. The van der Waals surface area contributed by atoms with Crippen LogP contribution in [0.25, 0.3) is 11.0 Å². The van der Waals surface area contributed by atoms with Gasteiger partial charge in [0.2, 0.25) is 11.9 Å². The van der Waals surface area contributed by atoms with Crippen LogP contribution in [0.3, 0.4) is 0 Å².